The van der Waals surface area contributed by atoms with Crippen LogP contribution in [0.25, 0.3) is 0 Å². The largest absolute Gasteiger partial charge is 0.354 e. The van der Waals surface area contributed by atoms with E-state index in [1.54, 1.807) is 0 Å². The van der Waals surface area contributed by atoms with Gasteiger partial charge >= 0.3 is 0 Å². The average molecular weight is 211 g/mol. The van der Waals surface area contributed by atoms with E-state index >= 15 is 0 Å². The molecule has 0 aliphatic heterocycles. The van der Waals surface area contributed by atoms with Gasteiger partial charge in [0.25, 0.3) is 0 Å². The van der Waals surface area contributed by atoms with Gasteiger partial charge in [-0.1, -0.05) is 13.8 Å². The van der Waals surface area contributed by atoms with Gasteiger partial charge in [0.15, 0.2) is 6.19 Å². The lowest BCUT2D eigenvalue weighted by atomic mass is 10.1. The van der Waals surface area contributed by atoms with Crippen LogP contribution < -0.4 is 16.4 Å². The Labute approximate surface area is 91.8 Å². The van der Waals surface area contributed by atoms with Crippen LogP contribution in [0.1, 0.15) is 26.7 Å². The van der Waals surface area contributed by atoms with Crippen LogP contribution in [0.5, 0.6) is 0 Å². The van der Waals surface area contributed by atoms with Crippen LogP contribution in [0.15, 0.2) is 4.99 Å². The van der Waals surface area contributed by atoms with Gasteiger partial charge in [-0.2, -0.15) is 5.26 Å². The van der Waals surface area contributed by atoms with E-state index in [9.17, 15) is 0 Å². The monoisotopic (exact) mass is 211 g/mol. The van der Waals surface area contributed by atoms with E-state index in [-0.39, 0.29) is 0 Å². The molecule has 0 aliphatic rings. The third-order valence-electron chi connectivity index (χ3n) is 1.82. The molecule has 0 saturated carbocycles. The zero-order valence-electron chi connectivity index (χ0n) is 9.58. The molecule has 0 radical (unpaired) electrons. The molecule has 0 spiro atoms. The van der Waals surface area contributed by atoms with Gasteiger partial charge in [0.1, 0.15) is 0 Å². The summed E-state index contributed by atoms with van der Waals surface area (Å²) in [5.74, 6) is 1.22. The van der Waals surface area contributed by atoms with Gasteiger partial charge in [0.2, 0.25) is 5.96 Å². The van der Waals surface area contributed by atoms with Crippen LogP contribution in [0.4, 0.5) is 0 Å². The predicted octanol–water partition coefficient (Wildman–Crippen LogP) is 0.398. The number of hydrogen-bond donors (Lipinski definition) is 3. The molecule has 0 unspecified atom stereocenters. The highest BCUT2D eigenvalue weighted by Gasteiger charge is 1.96. The molecule has 5 nitrogen and oxygen atoms in total. The number of aliphatic imine (C=N–C) groups is 1. The first kappa shape index (κ1) is 13.7. The molecule has 0 saturated heterocycles. The second-order valence-electron chi connectivity index (χ2n) is 3.72. The quantitative estimate of drug-likeness (QED) is 0.195. The van der Waals surface area contributed by atoms with Crippen LogP contribution in [0.3, 0.4) is 0 Å². The van der Waals surface area contributed by atoms with E-state index < -0.39 is 0 Å². The zero-order valence-corrected chi connectivity index (χ0v) is 9.58. The molecule has 0 heterocycles. The lowest BCUT2D eigenvalue weighted by Crippen LogP contribution is -2.37. The summed E-state index contributed by atoms with van der Waals surface area (Å²) in [7, 11) is 0. The Hall–Kier alpha value is -1.28. The molecule has 5 heteroatoms. The van der Waals surface area contributed by atoms with Crippen LogP contribution >= 0.6 is 0 Å². The summed E-state index contributed by atoms with van der Waals surface area (Å²) < 4.78 is 0. The van der Waals surface area contributed by atoms with Gasteiger partial charge in [0, 0.05) is 19.6 Å². The van der Waals surface area contributed by atoms with Gasteiger partial charge in [-0.15, -0.1) is 0 Å². The van der Waals surface area contributed by atoms with Crippen molar-refractivity contribution < 1.29 is 0 Å². The standard InChI is InChI=1S/C10H21N5/c1-9(2)4-3-6-13-10(15-8-12)14-7-5-11/h9H,3-7,11H2,1-2H3,(H2,13,14,15). The highest BCUT2D eigenvalue weighted by atomic mass is 15.2. The Kier molecular flexibility index (Phi) is 8.49. The minimum atomic E-state index is 0.520. The minimum absolute atomic E-state index is 0.520. The average Bonchev–Trinajstić information content (AvgIpc) is 2.20. The second-order valence-corrected chi connectivity index (χ2v) is 3.72. The number of nitrogens with one attached hydrogen (secondary N) is 2. The summed E-state index contributed by atoms with van der Waals surface area (Å²) in [6.45, 7) is 6.26. The van der Waals surface area contributed by atoms with Gasteiger partial charge in [-0.3, -0.25) is 10.3 Å². The molecule has 0 aromatic carbocycles. The number of nitrogens with zero attached hydrogens (tertiary/aromatic N) is 2. The van der Waals surface area contributed by atoms with Crippen molar-refractivity contribution in [3.63, 3.8) is 0 Å². The predicted molar refractivity (Wildman–Crippen MR) is 62.2 cm³/mol. The summed E-state index contributed by atoms with van der Waals surface area (Å²) in [6.07, 6.45) is 4.04. The molecule has 0 aromatic rings. The Bertz CT molecular complexity index is 216. The second kappa shape index (κ2) is 9.28. The molecule has 15 heavy (non-hydrogen) atoms. The molecule has 0 fully saturated rings. The number of nitriles is 1. The highest BCUT2D eigenvalue weighted by Crippen LogP contribution is 2.02. The molecule has 0 aliphatic carbocycles. The van der Waals surface area contributed by atoms with Gasteiger partial charge in [-0.25, -0.2) is 0 Å². The molecule has 0 rings (SSSR count). The summed E-state index contributed by atoms with van der Waals surface area (Å²) in [5.41, 5.74) is 5.34. The minimum Gasteiger partial charge on any atom is -0.354 e. The molecular weight excluding hydrogens is 190 g/mol. The fourth-order valence-corrected chi connectivity index (χ4v) is 1.07. The van der Waals surface area contributed by atoms with Gasteiger partial charge < -0.3 is 11.1 Å². The summed E-state index contributed by atoms with van der Waals surface area (Å²) in [5, 5.41) is 13.9. The van der Waals surface area contributed by atoms with Crippen molar-refractivity contribution in [2.45, 2.75) is 26.7 Å². The van der Waals surface area contributed by atoms with Crippen molar-refractivity contribution in [1.29, 1.82) is 5.26 Å². The first-order valence-corrected chi connectivity index (χ1v) is 5.34. The molecule has 0 aromatic heterocycles. The molecular formula is C10H21N5. The van der Waals surface area contributed by atoms with Crippen LogP contribution in [-0.2, 0) is 0 Å². The maximum atomic E-state index is 8.47. The van der Waals surface area contributed by atoms with Gasteiger partial charge in [0.05, 0.1) is 0 Å². The maximum Gasteiger partial charge on any atom is 0.204 e. The number of hydrogen-bond acceptors (Lipinski definition) is 3. The highest BCUT2D eigenvalue weighted by molar-refractivity contribution is 5.81. The molecule has 0 bridgehead atoms. The topological polar surface area (TPSA) is 86.2 Å². The van der Waals surface area contributed by atoms with Crippen LogP contribution in [0.2, 0.25) is 0 Å². The molecule has 4 N–H and O–H groups in total. The van der Waals surface area contributed by atoms with Crippen molar-refractivity contribution in [3.8, 4) is 6.19 Å². The fraction of sp³-hybridized carbons (Fsp3) is 0.800. The van der Waals surface area contributed by atoms with Crippen molar-refractivity contribution in [2.75, 3.05) is 19.6 Å². The Morgan fingerprint density at radius 3 is 2.80 bits per heavy atom. The summed E-state index contributed by atoms with van der Waals surface area (Å²) >= 11 is 0. The SMILES string of the molecule is CC(C)CCCN=C(NC#N)NCCN. The number of rotatable bonds is 6. The summed E-state index contributed by atoms with van der Waals surface area (Å²) in [6, 6.07) is 0. The van der Waals surface area contributed by atoms with Crippen molar-refractivity contribution in [1.82, 2.24) is 10.6 Å². The van der Waals surface area contributed by atoms with E-state index in [4.69, 9.17) is 11.0 Å². The maximum absolute atomic E-state index is 8.47. The number of guanidine groups is 1. The van der Waals surface area contributed by atoms with E-state index in [1.807, 2.05) is 6.19 Å². The fourth-order valence-electron chi connectivity index (χ4n) is 1.07. The van der Waals surface area contributed by atoms with Crippen LogP contribution in [0, 0.1) is 17.4 Å². The van der Waals surface area contributed by atoms with Crippen molar-refractivity contribution >= 4 is 5.96 Å². The molecule has 0 amide bonds. The van der Waals surface area contributed by atoms with Crippen LogP contribution in [-0.4, -0.2) is 25.6 Å². The Morgan fingerprint density at radius 1 is 1.53 bits per heavy atom. The van der Waals surface area contributed by atoms with E-state index in [0.29, 0.717) is 25.0 Å². The van der Waals surface area contributed by atoms with Crippen molar-refractivity contribution in [2.24, 2.45) is 16.6 Å². The zero-order chi connectivity index (χ0) is 11.5. The first-order chi connectivity index (χ1) is 7.20. The number of nitrogens with two attached hydrogens (primary N) is 1. The first-order valence-electron chi connectivity index (χ1n) is 5.34. The summed E-state index contributed by atoms with van der Waals surface area (Å²) in [4.78, 5) is 4.24. The smallest absolute Gasteiger partial charge is 0.204 e. The molecule has 86 valence electrons. The lowest BCUT2D eigenvalue weighted by Gasteiger charge is -2.06. The van der Waals surface area contributed by atoms with Crippen molar-refractivity contribution in [3.05, 3.63) is 0 Å². The third kappa shape index (κ3) is 9.03. The third-order valence-corrected chi connectivity index (χ3v) is 1.82. The van der Waals surface area contributed by atoms with Gasteiger partial charge in [-0.05, 0) is 18.8 Å². The molecule has 0 atom stereocenters. The Balaban J connectivity index is 3.79. The van der Waals surface area contributed by atoms with E-state index in [2.05, 4.69) is 29.5 Å². The van der Waals surface area contributed by atoms with E-state index in [1.165, 1.54) is 0 Å². The Morgan fingerprint density at radius 2 is 2.27 bits per heavy atom. The lowest BCUT2D eigenvalue weighted by molar-refractivity contribution is 0.561. The van der Waals surface area contributed by atoms with E-state index in [0.717, 1.165) is 19.4 Å². The normalized spacial score (nSPS) is 11.3.